The summed E-state index contributed by atoms with van der Waals surface area (Å²) >= 11 is 0. The van der Waals surface area contributed by atoms with E-state index in [9.17, 15) is 14.7 Å². The van der Waals surface area contributed by atoms with E-state index in [1.54, 1.807) is 4.90 Å². The van der Waals surface area contributed by atoms with E-state index < -0.39 is 11.4 Å². The van der Waals surface area contributed by atoms with Gasteiger partial charge in [0, 0.05) is 31.2 Å². The first-order valence-corrected chi connectivity index (χ1v) is 11.0. The molecule has 2 amide bonds. The van der Waals surface area contributed by atoms with Crippen molar-refractivity contribution in [1.82, 2.24) is 15.5 Å². The molecule has 1 aliphatic heterocycles. The summed E-state index contributed by atoms with van der Waals surface area (Å²) in [6.07, 6.45) is 6.98. The number of carboxylic acids is 1. The number of carbonyl (C=O) groups is 2. The topological polar surface area (TPSA) is 81.7 Å². The molecule has 3 aliphatic rings. The lowest BCUT2D eigenvalue weighted by Gasteiger charge is -2.35. The van der Waals surface area contributed by atoms with Gasteiger partial charge >= 0.3 is 12.0 Å². The molecule has 1 heterocycles. The Labute approximate surface area is 173 Å². The summed E-state index contributed by atoms with van der Waals surface area (Å²) in [7, 11) is 0. The zero-order valence-electron chi connectivity index (χ0n) is 17.3. The van der Waals surface area contributed by atoms with Crippen LogP contribution in [0.2, 0.25) is 0 Å². The van der Waals surface area contributed by atoms with Gasteiger partial charge in [0.2, 0.25) is 0 Å². The van der Waals surface area contributed by atoms with Crippen molar-refractivity contribution in [2.45, 2.75) is 63.5 Å². The number of benzene rings is 1. The van der Waals surface area contributed by atoms with Crippen molar-refractivity contribution in [2.24, 2.45) is 11.3 Å². The number of fused-ring (bicyclic) bond motifs is 1. The zero-order valence-corrected chi connectivity index (χ0v) is 17.3. The standard InChI is InChI=1S/C23H33N3O3/c1-17(18-8-3-2-4-9-18)25-22(11-5-6-12-22)15-24-21(29)26-14-19-10-7-13-23(19,16-26)20(27)28/h2-4,8-9,17,19,25H,5-7,10-16H2,1H3,(H,24,29)(H,27,28)/t17?,19-,23+/m0/s1. The number of carboxylic acid groups (broad SMARTS) is 1. The van der Waals surface area contributed by atoms with Crippen molar-refractivity contribution in [3.63, 3.8) is 0 Å². The molecule has 3 fully saturated rings. The van der Waals surface area contributed by atoms with Gasteiger partial charge in [0.25, 0.3) is 0 Å². The maximum atomic E-state index is 12.9. The largest absolute Gasteiger partial charge is 0.481 e. The van der Waals surface area contributed by atoms with Crippen LogP contribution in [0, 0.1) is 11.3 Å². The first-order valence-electron chi connectivity index (χ1n) is 11.0. The van der Waals surface area contributed by atoms with E-state index >= 15 is 0 Å². The predicted molar refractivity (Wildman–Crippen MR) is 112 cm³/mol. The highest BCUT2D eigenvalue weighted by Gasteiger charge is 2.55. The van der Waals surface area contributed by atoms with Gasteiger partial charge in [-0.3, -0.25) is 4.79 Å². The predicted octanol–water partition coefficient (Wildman–Crippen LogP) is 3.55. The van der Waals surface area contributed by atoms with E-state index in [-0.39, 0.29) is 23.5 Å². The fraction of sp³-hybridized carbons (Fsp3) is 0.652. The Morgan fingerprint density at radius 1 is 1.17 bits per heavy atom. The van der Waals surface area contributed by atoms with Gasteiger partial charge in [0.05, 0.1) is 5.41 Å². The van der Waals surface area contributed by atoms with E-state index in [0.717, 1.165) is 38.5 Å². The number of amides is 2. The van der Waals surface area contributed by atoms with Crippen molar-refractivity contribution in [2.75, 3.05) is 19.6 Å². The molecule has 2 aliphatic carbocycles. The quantitative estimate of drug-likeness (QED) is 0.683. The Bertz CT molecular complexity index is 747. The van der Waals surface area contributed by atoms with Crippen LogP contribution in [0.5, 0.6) is 0 Å². The van der Waals surface area contributed by atoms with Crippen molar-refractivity contribution < 1.29 is 14.7 Å². The maximum absolute atomic E-state index is 12.9. The third-order valence-electron chi connectivity index (χ3n) is 7.54. The number of aliphatic carboxylic acids is 1. The van der Waals surface area contributed by atoms with Crippen LogP contribution in [0.4, 0.5) is 4.79 Å². The van der Waals surface area contributed by atoms with Crippen LogP contribution >= 0.6 is 0 Å². The number of nitrogens with zero attached hydrogens (tertiary/aromatic N) is 1. The minimum Gasteiger partial charge on any atom is -0.481 e. The van der Waals surface area contributed by atoms with Crippen LogP contribution in [0.3, 0.4) is 0 Å². The lowest BCUT2D eigenvalue weighted by Crippen LogP contribution is -2.54. The number of likely N-dealkylation sites (tertiary alicyclic amines) is 1. The third-order valence-corrected chi connectivity index (χ3v) is 7.54. The smallest absolute Gasteiger partial charge is 0.317 e. The van der Waals surface area contributed by atoms with Crippen molar-refractivity contribution in [3.8, 4) is 0 Å². The van der Waals surface area contributed by atoms with Crippen LogP contribution in [-0.4, -0.2) is 47.2 Å². The zero-order chi connectivity index (χ0) is 20.5. The average molecular weight is 400 g/mol. The molecular weight excluding hydrogens is 366 g/mol. The van der Waals surface area contributed by atoms with Gasteiger partial charge in [-0.05, 0) is 44.1 Å². The molecule has 0 spiro atoms. The summed E-state index contributed by atoms with van der Waals surface area (Å²) in [4.78, 5) is 26.5. The van der Waals surface area contributed by atoms with Gasteiger partial charge in [0.1, 0.15) is 0 Å². The minimum absolute atomic E-state index is 0.0923. The lowest BCUT2D eigenvalue weighted by molar-refractivity contribution is -0.149. The minimum atomic E-state index is -0.735. The van der Waals surface area contributed by atoms with Gasteiger partial charge in [-0.25, -0.2) is 4.79 Å². The molecular formula is C23H33N3O3. The van der Waals surface area contributed by atoms with E-state index in [2.05, 4.69) is 41.8 Å². The number of nitrogens with one attached hydrogen (secondary N) is 2. The number of carbonyl (C=O) groups excluding carboxylic acids is 1. The molecule has 1 aromatic rings. The fourth-order valence-electron chi connectivity index (χ4n) is 5.86. The van der Waals surface area contributed by atoms with E-state index in [1.807, 2.05) is 6.07 Å². The number of hydrogen-bond donors (Lipinski definition) is 3. The van der Waals surface area contributed by atoms with Gasteiger partial charge in [-0.15, -0.1) is 0 Å². The van der Waals surface area contributed by atoms with Crippen molar-refractivity contribution >= 4 is 12.0 Å². The highest BCUT2D eigenvalue weighted by Crippen LogP contribution is 2.48. The maximum Gasteiger partial charge on any atom is 0.317 e. The summed E-state index contributed by atoms with van der Waals surface area (Å²) in [6, 6.07) is 10.5. The van der Waals surface area contributed by atoms with Crippen LogP contribution in [0.15, 0.2) is 30.3 Å². The number of urea groups is 1. The summed E-state index contributed by atoms with van der Waals surface area (Å²) < 4.78 is 0. The summed E-state index contributed by atoms with van der Waals surface area (Å²) in [5.74, 6) is -0.636. The summed E-state index contributed by atoms with van der Waals surface area (Å²) in [5.41, 5.74) is 0.439. The first-order chi connectivity index (χ1) is 13.9. The van der Waals surface area contributed by atoms with Crippen LogP contribution in [0.25, 0.3) is 0 Å². The second kappa shape index (κ2) is 7.98. The highest BCUT2D eigenvalue weighted by molar-refractivity contribution is 5.80. The second-order valence-electron chi connectivity index (χ2n) is 9.35. The van der Waals surface area contributed by atoms with Crippen LogP contribution in [-0.2, 0) is 4.79 Å². The molecule has 6 heteroatoms. The molecule has 3 atom stereocenters. The SMILES string of the molecule is CC(NC1(CNC(=O)N2C[C@@H]3CCC[C@@]3(C(=O)O)C2)CCCC1)c1ccccc1. The second-order valence-corrected chi connectivity index (χ2v) is 9.35. The summed E-state index contributed by atoms with van der Waals surface area (Å²) in [6.45, 7) is 3.68. The number of hydrogen-bond acceptors (Lipinski definition) is 3. The third kappa shape index (κ3) is 3.87. The summed E-state index contributed by atoms with van der Waals surface area (Å²) in [5, 5.41) is 16.7. The van der Waals surface area contributed by atoms with E-state index in [0.29, 0.717) is 26.1 Å². The Morgan fingerprint density at radius 2 is 1.90 bits per heavy atom. The van der Waals surface area contributed by atoms with Gasteiger partial charge in [-0.2, -0.15) is 0 Å². The van der Waals surface area contributed by atoms with Gasteiger partial charge in [-0.1, -0.05) is 49.6 Å². The Morgan fingerprint density at radius 3 is 2.55 bits per heavy atom. The van der Waals surface area contributed by atoms with Crippen LogP contribution < -0.4 is 10.6 Å². The lowest BCUT2D eigenvalue weighted by atomic mass is 9.81. The molecule has 1 unspecified atom stereocenters. The Balaban J connectivity index is 1.37. The molecule has 0 aromatic heterocycles. The molecule has 29 heavy (non-hydrogen) atoms. The van der Waals surface area contributed by atoms with Crippen molar-refractivity contribution in [1.29, 1.82) is 0 Å². The Kier molecular flexibility index (Phi) is 5.56. The van der Waals surface area contributed by atoms with Gasteiger partial charge < -0.3 is 20.6 Å². The first kappa shape index (κ1) is 20.2. The van der Waals surface area contributed by atoms with Gasteiger partial charge in [0.15, 0.2) is 0 Å². The molecule has 1 saturated heterocycles. The normalized spacial score (nSPS) is 28.9. The molecule has 1 aromatic carbocycles. The molecule has 0 bridgehead atoms. The fourth-order valence-corrected chi connectivity index (χ4v) is 5.86. The van der Waals surface area contributed by atoms with Crippen molar-refractivity contribution in [3.05, 3.63) is 35.9 Å². The molecule has 158 valence electrons. The Hall–Kier alpha value is -2.08. The molecule has 4 rings (SSSR count). The monoisotopic (exact) mass is 399 g/mol. The number of rotatable bonds is 6. The molecule has 6 nitrogen and oxygen atoms in total. The van der Waals surface area contributed by atoms with E-state index in [4.69, 9.17) is 0 Å². The molecule has 2 saturated carbocycles. The molecule has 0 radical (unpaired) electrons. The molecule has 3 N–H and O–H groups in total. The van der Waals surface area contributed by atoms with E-state index in [1.165, 1.54) is 5.56 Å². The highest BCUT2D eigenvalue weighted by atomic mass is 16.4. The van der Waals surface area contributed by atoms with Crippen LogP contribution in [0.1, 0.15) is 63.5 Å². The average Bonchev–Trinajstić information content (AvgIpc) is 3.42.